The summed E-state index contributed by atoms with van der Waals surface area (Å²) < 4.78 is 2.93. The number of allylic oxidation sites excluding steroid dienone is 2. The first-order valence-electron chi connectivity index (χ1n) is 7.45. The standard InChI is InChI=1S/C6H12.C3H9NS.3C2H6.C2H4/c1-5(2)6(3)4;1-3-5-4-2;4*1-2/h1-4H3;4H,3H2,1-2H3;3*1-2H3;1-2H2. The van der Waals surface area contributed by atoms with Gasteiger partial charge in [0.1, 0.15) is 0 Å². The smallest absolute Gasteiger partial charge is 0.00501 e. The number of nitrogens with one attached hydrogen (secondary N) is 1. The first-order chi connectivity index (χ1) is 9.06. The Balaban J connectivity index is -0.0000000294. The van der Waals surface area contributed by atoms with Crippen LogP contribution in [0.25, 0.3) is 0 Å². The van der Waals surface area contributed by atoms with Crippen LogP contribution in [0.2, 0.25) is 0 Å². The van der Waals surface area contributed by atoms with E-state index >= 15 is 0 Å². The fourth-order valence-corrected chi connectivity index (χ4v) is 0.433. The van der Waals surface area contributed by atoms with Crippen molar-refractivity contribution in [2.24, 2.45) is 0 Å². The molecule has 0 rings (SSSR count). The molecule has 0 unspecified atom stereocenters. The first-order valence-corrected chi connectivity index (χ1v) is 8.44. The van der Waals surface area contributed by atoms with Crippen molar-refractivity contribution in [3.05, 3.63) is 24.3 Å². The van der Waals surface area contributed by atoms with E-state index in [0.29, 0.717) is 0 Å². The zero-order valence-corrected chi connectivity index (χ0v) is 16.8. The number of hydrogen-bond donors (Lipinski definition) is 1. The highest BCUT2D eigenvalue weighted by Gasteiger charge is 1.75. The van der Waals surface area contributed by atoms with Gasteiger partial charge in [-0.25, -0.2) is 0 Å². The summed E-state index contributed by atoms with van der Waals surface area (Å²) >= 11 is 1.71. The van der Waals surface area contributed by atoms with Gasteiger partial charge in [-0.15, -0.1) is 13.2 Å². The molecule has 0 aromatic heterocycles. The molecule has 0 aromatic rings. The van der Waals surface area contributed by atoms with Gasteiger partial charge in [-0.05, 0) is 34.7 Å². The number of hydrogen-bond acceptors (Lipinski definition) is 2. The van der Waals surface area contributed by atoms with Crippen molar-refractivity contribution < 1.29 is 0 Å². The molecule has 2 heteroatoms. The molecule has 0 aromatic carbocycles. The minimum Gasteiger partial charge on any atom is -0.267 e. The Labute approximate surface area is 130 Å². The largest absolute Gasteiger partial charge is 0.267 e. The summed E-state index contributed by atoms with van der Waals surface area (Å²) in [5.41, 5.74) is 2.85. The van der Waals surface area contributed by atoms with E-state index in [0.717, 1.165) is 5.75 Å². The van der Waals surface area contributed by atoms with E-state index in [1.54, 1.807) is 11.9 Å². The zero-order chi connectivity index (χ0) is 17.3. The van der Waals surface area contributed by atoms with Gasteiger partial charge >= 0.3 is 0 Å². The molecule has 0 fully saturated rings. The van der Waals surface area contributed by atoms with Gasteiger partial charge in [-0.3, -0.25) is 4.72 Å². The van der Waals surface area contributed by atoms with Crippen LogP contribution in [0.4, 0.5) is 0 Å². The SMILES string of the molecule is C=C.CC.CC.CC.CC(C)=C(C)C.CCSNC. The van der Waals surface area contributed by atoms with Crippen LogP contribution in [0.15, 0.2) is 24.3 Å². The van der Waals surface area contributed by atoms with E-state index in [2.05, 4.69) is 52.5 Å². The summed E-state index contributed by atoms with van der Waals surface area (Å²) in [6.45, 7) is 28.6. The van der Waals surface area contributed by atoms with Gasteiger partial charge in [-0.2, -0.15) is 0 Å². The van der Waals surface area contributed by atoms with E-state index in [1.807, 2.05) is 48.6 Å². The maximum atomic E-state index is 3.00. The topological polar surface area (TPSA) is 12.0 Å². The molecule has 0 aliphatic rings. The van der Waals surface area contributed by atoms with Gasteiger partial charge in [0.2, 0.25) is 0 Å². The molecule has 0 aliphatic carbocycles. The van der Waals surface area contributed by atoms with Crippen LogP contribution in [0, 0.1) is 0 Å². The lowest BCUT2D eigenvalue weighted by atomic mass is 10.2. The minimum atomic E-state index is 1.15. The van der Waals surface area contributed by atoms with Gasteiger partial charge in [0, 0.05) is 5.75 Å². The third-order valence-corrected chi connectivity index (χ3v) is 1.87. The molecule has 1 N–H and O–H groups in total. The van der Waals surface area contributed by atoms with E-state index < -0.39 is 0 Å². The average molecular weight is 294 g/mol. The summed E-state index contributed by atoms with van der Waals surface area (Å²) in [5, 5.41) is 0. The Morgan fingerprint density at radius 3 is 1.00 bits per heavy atom. The van der Waals surface area contributed by atoms with E-state index in [1.165, 1.54) is 11.1 Å². The monoisotopic (exact) mass is 293 g/mol. The Morgan fingerprint density at radius 2 is 1.00 bits per heavy atom. The Bertz CT molecular complexity index is 100. The van der Waals surface area contributed by atoms with Crippen LogP contribution in [-0.2, 0) is 0 Å². The predicted molar refractivity (Wildman–Crippen MR) is 102 cm³/mol. The molecule has 0 heterocycles. The fraction of sp³-hybridized carbons (Fsp3) is 0.765. The molecular formula is C17H43NS. The van der Waals surface area contributed by atoms with Crippen molar-refractivity contribution in [3.8, 4) is 0 Å². The average Bonchev–Trinajstić information content (AvgIpc) is 2.49. The van der Waals surface area contributed by atoms with Crippen LogP contribution < -0.4 is 4.72 Å². The van der Waals surface area contributed by atoms with Crippen molar-refractivity contribution in [3.63, 3.8) is 0 Å². The predicted octanol–water partition coefficient (Wildman–Crippen LogP) is 7.12. The van der Waals surface area contributed by atoms with Crippen LogP contribution in [0.3, 0.4) is 0 Å². The minimum absolute atomic E-state index is 1.15. The summed E-state index contributed by atoms with van der Waals surface area (Å²) in [4.78, 5) is 0. The van der Waals surface area contributed by atoms with Gasteiger partial charge in [0.05, 0.1) is 0 Å². The number of rotatable bonds is 2. The second kappa shape index (κ2) is 64.9. The van der Waals surface area contributed by atoms with Crippen molar-refractivity contribution >= 4 is 11.9 Å². The van der Waals surface area contributed by atoms with Gasteiger partial charge in [0.25, 0.3) is 0 Å². The van der Waals surface area contributed by atoms with Crippen molar-refractivity contribution in [1.29, 1.82) is 0 Å². The molecule has 0 bridgehead atoms. The maximum absolute atomic E-state index is 3.00. The second-order valence-electron chi connectivity index (χ2n) is 2.64. The maximum Gasteiger partial charge on any atom is 0.00501 e. The molecule has 0 aliphatic heterocycles. The summed E-state index contributed by atoms with van der Waals surface area (Å²) in [6, 6.07) is 0. The van der Waals surface area contributed by atoms with E-state index in [4.69, 9.17) is 0 Å². The first kappa shape index (κ1) is 36.4. The lowest BCUT2D eigenvalue weighted by molar-refractivity contribution is 1.23. The molecule has 0 amide bonds. The molecule has 0 radical (unpaired) electrons. The summed E-state index contributed by atoms with van der Waals surface area (Å²) in [5.74, 6) is 1.15. The Morgan fingerprint density at radius 1 is 0.789 bits per heavy atom. The molecule has 19 heavy (non-hydrogen) atoms. The van der Waals surface area contributed by atoms with E-state index in [-0.39, 0.29) is 0 Å². The molecule has 122 valence electrons. The van der Waals surface area contributed by atoms with Crippen LogP contribution in [0.5, 0.6) is 0 Å². The molecule has 1 nitrogen and oxygen atoms in total. The van der Waals surface area contributed by atoms with Crippen LogP contribution in [0.1, 0.15) is 76.2 Å². The Kier molecular flexibility index (Phi) is 124. The quantitative estimate of drug-likeness (QED) is 0.430. The highest BCUT2D eigenvalue weighted by molar-refractivity contribution is 7.97. The highest BCUT2D eigenvalue weighted by atomic mass is 32.2. The lowest BCUT2D eigenvalue weighted by Gasteiger charge is -1.88. The fourth-order valence-electron chi connectivity index (χ4n) is 0.144. The van der Waals surface area contributed by atoms with Gasteiger partial charge < -0.3 is 0 Å². The highest BCUT2D eigenvalue weighted by Crippen LogP contribution is 1.96. The molecular weight excluding hydrogens is 250 g/mol. The molecule has 0 saturated heterocycles. The second-order valence-corrected chi connectivity index (χ2v) is 3.91. The molecule has 0 spiro atoms. The summed E-state index contributed by atoms with van der Waals surface area (Å²) in [6.07, 6.45) is 0. The molecule has 0 atom stereocenters. The van der Waals surface area contributed by atoms with Crippen molar-refractivity contribution in [1.82, 2.24) is 4.72 Å². The van der Waals surface area contributed by atoms with Crippen LogP contribution >= 0.6 is 11.9 Å². The third-order valence-electron chi connectivity index (χ3n) is 1.29. The van der Waals surface area contributed by atoms with Gasteiger partial charge in [0.15, 0.2) is 0 Å². The molecule has 0 saturated carbocycles. The normalized spacial score (nSPS) is 5.89. The lowest BCUT2D eigenvalue weighted by Crippen LogP contribution is -1.89. The van der Waals surface area contributed by atoms with E-state index in [9.17, 15) is 0 Å². The zero-order valence-electron chi connectivity index (χ0n) is 16.0. The van der Waals surface area contributed by atoms with Crippen molar-refractivity contribution in [2.75, 3.05) is 12.8 Å². The van der Waals surface area contributed by atoms with Gasteiger partial charge in [-0.1, -0.05) is 71.6 Å². The summed E-state index contributed by atoms with van der Waals surface area (Å²) in [7, 11) is 1.92. The third kappa shape index (κ3) is 132. The van der Waals surface area contributed by atoms with Crippen LogP contribution in [-0.4, -0.2) is 12.8 Å². The Hall–Kier alpha value is -0.210. The van der Waals surface area contributed by atoms with Crippen molar-refractivity contribution in [2.45, 2.75) is 76.2 Å².